The number of carbonyl (C=O) groups excluding carboxylic acids is 1. The highest BCUT2D eigenvalue weighted by atomic mass is 16.5. The van der Waals surface area contributed by atoms with E-state index in [0.717, 1.165) is 11.1 Å². The van der Waals surface area contributed by atoms with Crippen LogP contribution in [0.15, 0.2) is 18.2 Å². The molecule has 1 atom stereocenters. The molecule has 0 aromatic heterocycles. The van der Waals surface area contributed by atoms with Crippen molar-refractivity contribution in [1.82, 2.24) is 4.90 Å². The van der Waals surface area contributed by atoms with Gasteiger partial charge in [0.25, 0.3) is 0 Å². The molecule has 2 rings (SSSR count). The van der Waals surface area contributed by atoms with Crippen molar-refractivity contribution in [2.24, 2.45) is 0 Å². The maximum Gasteiger partial charge on any atom is 0.226 e. The number of hydrogen-bond acceptors (Lipinski definition) is 4. The fourth-order valence-electron chi connectivity index (χ4n) is 1.90. The third-order valence-electron chi connectivity index (χ3n) is 2.97. The fraction of sp³-hybridized carbons (Fsp3) is 0.385. The van der Waals surface area contributed by atoms with Gasteiger partial charge >= 0.3 is 0 Å². The van der Waals surface area contributed by atoms with Crippen molar-refractivity contribution in [3.8, 4) is 5.75 Å². The number of benzene rings is 1. The van der Waals surface area contributed by atoms with Gasteiger partial charge in [0, 0.05) is 25.2 Å². The Kier molecular flexibility index (Phi) is 3.23. The molecule has 0 fully saturated rings. The molecule has 5 heteroatoms. The Bertz CT molecular complexity index is 497. The van der Waals surface area contributed by atoms with Crippen molar-refractivity contribution in [2.45, 2.75) is 12.5 Å². The van der Waals surface area contributed by atoms with Gasteiger partial charge in [0.2, 0.25) is 11.8 Å². The van der Waals surface area contributed by atoms with Crippen molar-refractivity contribution in [3.05, 3.63) is 29.3 Å². The average molecular weight is 248 g/mol. The van der Waals surface area contributed by atoms with Crippen LogP contribution in [0.2, 0.25) is 0 Å². The minimum atomic E-state index is -0.391. The van der Waals surface area contributed by atoms with Crippen LogP contribution in [-0.4, -0.2) is 37.9 Å². The lowest BCUT2D eigenvalue weighted by Crippen LogP contribution is -2.23. The third-order valence-corrected chi connectivity index (χ3v) is 2.97. The van der Waals surface area contributed by atoms with Crippen molar-refractivity contribution in [3.63, 3.8) is 0 Å². The van der Waals surface area contributed by atoms with E-state index in [1.165, 1.54) is 4.90 Å². The Morgan fingerprint density at radius 1 is 1.50 bits per heavy atom. The molecule has 0 saturated heterocycles. The summed E-state index contributed by atoms with van der Waals surface area (Å²) >= 11 is 0. The van der Waals surface area contributed by atoms with Crippen LogP contribution in [-0.2, 0) is 9.53 Å². The van der Waals surface area contributed by atoms with Gasteiger partial charge in [0.15, 0.2) is 0 Å². The zero-order valence-electron chi connectivity index (χ0n) is 10.7. The molecule has 96 valence electrons. The molecule has 1 aromatic rings. The summed E-state index contributed by atoms with van der Waals surface area (Å²) in [6, 6.07) is 5.40. The van der Waals surface area contributed by atoms with Crippen LogP contribution < -0.4 is 4.74 Å². The first-order chi connectivity index (χ1) is 8.52. The number of rotatable bonds is 3. The molecule has 1 N–H and O–H groups in total. The van der Waals surface area contributed by atoms with E-state index in [1.54, 1.807) is 33.3 Å². The summed E-state index contributed by atoms with van der Waals surface area (Å²) in [6.07, 6.45) is -0.160. The number of carbonyl (C=O) groups is 1. The van der Waals surface area contributed by atoms with E-state index in [0.29, 0.717) is 5.75 Å². The van der Waals surface area contributed by atoms with Gasteiger partial charge in [-0.2, -0.15) is 0 Å². The Morgan fingerprint density at radius 2 is 2.22 bits per heavy atom. The quantitative estimate of drug-likeness (QED) is 0.883. The molecule has 1 aliphatic rings. The first kappa shape index (κ1) is 12.4. The van der Waals surface area contributed by atoms with Gasteiger partial charge in [0.1, 0.15) is 11.9 Å². The smallest absolute Gasteiger partial charge is 0.226 e. The number of amides is 1. The summed E-state index contributed by atoms with van der Waals surface area (Å²) in [5.74, 6) is 0.794. The molecule has 1 unspecified atom stereocenters. The molecule has 0 bridgehead atoms. The molecule has 5 nitrogen and oxygen atoms in total. The Balaban J connectivity index is 2.28. The molecule has 0 aliphatic carbocycles. The van der Waals surface area contributed by atoms with Gasteiger partial charge in [-0.05, 0) is 18.2 Å². The summed E-state index contributed by atoms with van der Waals surface area (Å²) in [4.78, 5) is 13.2. The van der Waals surface area contributed by atoms with Crippen molar-refractivity contribution in [1.29, 1.82) is 5.41 Å². The van der Waals surface area contributed by atoms with E-state index in [1.807, 2.05) is 6.07 Å². The van der Waals surface area contributed by atoms with Gasteiger partial charge in [-0.1, -0.05) is 0 Å². The predicted molar refractivity (Wildman–Crippen MR) is 67.0 cm³/mol. The molecule has 0 saturated carbocycles. The Morgan fingerprint density at radius 3 is 2.83 bits per heavy atom. The summed E-state index contributed by atoms with van der Waals surface area (Å²) in [7, 11) is 4.99. The van der Waals surface area contributed by atoms with Crippen LogP contribution in [0.25, 0.3) is 0 Å². The maximum absolute atomic E-state index is 11.7. The molecule has 1 amide bonds. The second-order valence-corrected chi connectivity index (χ2v) is 4.38. The molecule has 0 radical (unpaired) electrons. The number of ether oxygens (including phenoxy) is 2. The van der Waals surface area contributed by atoms with E-state index in [-0.39, 0.29) is 18.2 Å². The molecular weight excluding hydrogens is 232 g/mol. The third kappa shape index (κ3) is 2.16. The van der Waals surface area contributed by atoms with Gasteiger partial charge in [-0.15, -0.1) is 0 Å². The number of nitrogens with one attached hydrogen (secondary N) is 1. The maximum atomic E-state index is 11.7. The summed E-state index contributed by atoms with van der Waals surface area (Å²) < 4.78 is 10.6. The molecule has 1 heterocycles. The van der Waals surface area contributed by atoms with Crippen LogP contribution in [0.4, 0.5) is 0 Å². The first-order valence-electron chi connectivity index (χ1n) is 5.66. The highest BCUT2D eigenvalue weighted by Gasteiger charge is 2.31. The van der Waals surface area contributed by atoms with Gasteiger partial charge in [-0.3, -0.25) is 10.2 Å². The molecule has 1 aliphatic heterocycles. The zero-order valence-corrected chi connectivity index (χ0v) is 10.7. The van der Waals surface area contributed by atoms with E-state index < -0.39 is 6.10 Å². The van der Waals surface area contributed by atoms with Crippen molar-refractivity contribution in [2.75, 3.05) is 21.2 Å². The molecular formula is C13H16N2O3. The Labute approximate surface area is 106 Å². The van der Waals surface area contributed by atoms with Crippen LogP contribution >= 0.6 is 0 Å². The highest BCUT2D eigenvalue weighted by molar-refractivity contribution is 5.96. The average Bonchev–Trinajstić information content (AvgIpc) is 2.65. The Hall–Kier alpha value is -2.04. The minimum absolute atomic E-state index is 0.0246. The van der Waals surface area contributed by atoms with E-state index >= 15 is 0 Å². The normalized spacial score (nSPS) is 17.1. The predicted octanol–water partition coefficient (Wildman–Crippen LogP) is 1.57. The van der Waals surface area contributed by atoms with E-state index in [2.05, 4.69) is 0 Å². The molecule has 18 heavy (non-hydrogen) atoms. The lowest BCUT2D eigenvalue weighted by atomic mass is 10.0. The molecule has 1 aromatic carbocycles. The van der Waals surface area contributed by atoms with Gasteiger partial charge < -0.3 is 14.4 Å². The van der Waals surface area contributed by atoms with Crippen LogP contribution in [0.1, 0.15) is 23.7 Å². The first-order valence-corrected chi connectivity index (χ1v) is 5.66. The lowest BCUT2D eigenvalue weighted by Gasteiger charge is -2.15. The van der Waals surface area contributed by atoms with Gasteiger partial charge in [-0.25, -0.2) is 0 Å². The molecule has 0 spiro atoms. The topological polar surface area (TPSA) is 62.6 Å². The van der Waals surface area contributed by atoms with E-state index in [9.17, 15) is 4.79 Å². The van der Waals surface area contributed by atoms with Crippen molar-refractivity contribution < 1.29 is 14.3 Å². The number of nitrogens with zero attached hydrogens (tertiary/aromatic N) is 1. The largest absolute Gasteiger partial charge is 0.497 e. The number of fused-ring (bicyclic) bond motifs is 1. The standard InChI is InChI=1S/C13H16N2O3/c1-15(2)12(16)7-11-10-6-8(17-3)4-5-9(10)13(14)18-11/h4-6,11,14H,7H2,1-3H3. The summed E-state index contributed by atoms with van der Waals surface area (Å²) in [6.45, 7) is 0. The number of methoxy groups -OCH3 is 1. The fourth-order valence-corrected chi connectivity index (χ4v) is 1.90. The number of hydrogen-bond donors (Lipinski definition) is 1. The van der Waals surface area contributed by atoms with Gasteiger partial charge in [0.05, 0.1) is 13.5 Å². The van der Waals surface area contributed by atoms with Crippen molar-refractivity contribution >= 4 is 11.8 Å². The second kappa shape index (κ2) is 4.68. The van der Waals surface area contributed by atoms with Crippen LogP contribution in [0, 0.1) is 5.41 Å². The van der Waals surface area contributed by atoms with Crippen LogP contribution in [0.5, 0.6) is 5.75 Å². The minimum Gasteiger partial charge on any atom is -0.497 e. The SMILES string of the molecule is COc1ccc2c(c1)C(CC(=O)N(C)C)OC2=N. The second-order valence-electron chi connectivity index (χ2n) is 4.38. The summed E-state index contributed by atoms with van der Waals surface area (Å²) in [5.41, 5.74) is 1.57. The summed E-state index contributed by atoms with van der Waals surface area (Å²) in [5, 5.41) is 7.75. The van der Waals surface area contributed by atoms with Crippen LogP contribution in [0.3, 0.4) is 0 Å². The zero-order chi connectivity index (χ0) is 13.3. The lowest BCUT2D eigenvalue weighted by molar-refractivity contribution is -0.130. The van der Waals surface area contributed by atoms with E-state index in [4.69, 9.17) is 14.9 Å². The monoisotopic (exact) mass is 248 g/mol. The highest BCUT2D eigenvalue weighted by Crippen LogP contribution is 2.35.